The second kappa shape index (κ2) is 5.54. The third-order valence-corrected chi connectivity index (χ3v) is 4.04. The van der Waals surface area contributed by atoms with Gasteiger partial charge >= 0.3 is 0 Å². The first-order chi connectivity index (χ1) is 8.63. The molecule has 1 heterocycles. The first-order valence-electron chi connectivity index (χ1n) is 5.84. The molecule has 2 rings (SSSR count). The highest BCUT2D eigenvalue weighted by molar-refractivity contribution is 8.00. The summed E-state index contributed by atoms with van der Waals surface area (Å²) in [4.78, 5) is 25.1. The van der Waals surface area contributed by atoms with Crippen molar-refractivity contribution in [3.63, 3.8) is 0 Å². The fourth-order valence-corrected chi connectivity index (χ4v) is 3.02. The summed E-state index contributed by atoms with van der Waals surface area (Å²) in [5, 5.41) is 0. The van der Waals surface area contributed by atoms with Crippen LogP contribution >= 0.6 is 11.8 Å². The molecule has 1 aliphatic heterocycles. The number of nitrogens with zero attached hydrogens (tertiary/aromatic N) is 1. The average Bonchev–Trinajstić information content (AvgIpc) is 2.38. The number of benzene rings is 1. The van der Waals surface area contributed by atoms with Crippen molar-refractivity contribution in [2.24, 2.45) is 5.73 Å². The minimum Gasteiger partial charge on any atom is -0.328 e. The van der Waals surface area contributed by atoms with Crippen molar-refractivity contribution >= 4 is 29.1 Å². The predicted molar refractivity (Wildman–Crippen MR) is 74.1 cm³/mol. The summed E-state index contributed by atoms with van der Waals surface area (Å²) < 4.78 is 0. The lowest BCUT2D eigenvalue weighted by atomic mass is 10.1. The van der Waals surface area contributed by atoms with Gasteiger partial charge in [0.25, 0.3) is 0 Å². The summed E-state index contributed by atoms with van der Waals surface area (Å²) in [6.07, 6.45) is 0. The molecule has 18 heavy (non-hydrogen) atoms. The van der Waals surface area contributed by atoms with E-state index in [0.717, 1.165) is 11.4 Å². The van der Waals surface area contributed by atoms with Crippen molar-refractivity contribution in [1.82, 2.24) is 0 Å². The van der Waals surface area contributed by atoms with Gasteiger partial charge in [0.2, 0.25) is 5.91 Å². The minimum atomic E-state index is -0.0000168. The number of Topliss-reactive ketones (excluding diaryl/α,β-unsaturated/α-hetero) is 1. The zero-order valence-electron chi connectivity index (χ0n) is 10.3. The van der Waals surface area contributed by atoms with Crippen LogP contribution in [0.4, 0.5) is 5.69 Å². The molecule has 1 aromatic carbocycles. The van der Waals surface area contributed by atoms with E-state index >= 15 is 0 Å². The molecule has 0 bridgehead atoms. The summed E-state index contributed by atoms with van der Waals surface area (Å²) in [5.74, 6) is 1.37. The van der Waals surface area contributed by atoms with Crippen molar-refractivity contribution < 1.29 is 9.59 Å². The molecule has 1 saturated heterocycles. The number of rotatable bonds is 3. The number of amides is 1. The van der Waals surface area contributed by atoms with Gasteiger partial charge in [-0.15, -0.1) is 11.8 Å². The molecule has 1 fully saturated rings. The zero-order chi connectivity index (χ0) is 13.1. The van der Waals surface area contributed by atoms with E-state index in [9.17, 15) is 9.59 Å². The Bertz CT molecular complexity index is 476. The smallest absolute Gasteiger partial charge is 0.237 e. The Labute approximate surface area is 111 Å². The number of thioether (sulfide) groups is 1. The van der Waals surface area contributed by atoms with Crippen LogP contribution in [0.1, 0.15) is 17.3 Å². The van der Waals surface area contributed by atoms with Gasteiger partial charge in [-0.1, -0.05) is 12.1 Å². The summed E-state index contributed by atoms with van der Waals surface area (Å²) in [5.41, 5.74) is 7.10. The Hall–Kier alpha value is -1.33. The van der Waals surface area contributed by atoms with Crippen LogP contribution in [0.2, 0.25) is 0 Å². The van der Waals surface area contributed by atoms with Crippen molar-refractivity contribution in [1.29, 1.82) is 0 Å². The van der Waals surface area contributed by atoms with Gasteiger partial charge in [0.1, 0.15) is 0 Å². The fraction of sp³-hybridized carbons (Fsp3) is 0.385. The Kier molecular flexibility index (Phi) is 4.04. The van der Waals surface area contributed by atoms with Gasteiger partial charge in [0.15, 0.2) is 5.78 Å². The maximum absolute atomic E-state index is 12.0. The molecule has 0 saturated carbocycles. The normalized spacial score (nSPS) is 20.0. The highest BCUT2D eigenvalue weighted by Crippen LogP contribution is 2.25. The van der Waals surface area contributed by atoms with Gasteiger partial charge in [-0.05, 0) is 19.1 Å². The number of anilines is 1. The molecule has 0 radical (unpaired) electrons. The number of hydrogen-bond donors (Lipinski definition) is 1. The molecule has 2 N–H and O–H groups in total. The Morgan fingerprint density at radius 1 is 1.56 bits per heavy atom. The third-order valence-electron chi connectivity index (χ3n) is 2.97. The molecule has 4 nitrogen and oxygen atoms in total. The summed E-state index contributed by atoms with van der Waals surface area (Å²) >= 11 is 1.61. The lowest BCUT2D eigenvalue weighted by Gasteiger charge is -2.34. The zero-order valence-corrected chi connectivity index (χ0v) is 11.1. The van der Waals surface area contributed by atoms with Gasteiger partial charge in [-0.2, -0.15) is 0 Å². The topological polar surface area (TPSA) is 63.4 Å². The standard InChI is InChI=1S/C13H16N2O2S/c1-9(16)10-3-2-4-11(5-10)15-12(6-14)7-18-8-13(15)17/h2-5,12H,6-8,14H2,1H3. The van der Waals surface area contributed by atoms with Crippen molar-refractivity contribution in [2.75, 3.05) is 23.0 Å². The molecule has 1 amide bonds. The largest absolute Gasteiger partial charge is 0.328 e. The van der Waals surface area contributed by atoms with E-state index in [-0.39, 0.29) is 17.7 Å². The number of ketones is 1. The molecular weight excluding hydrogens is 248 g/mol. The second-order valence-corrected chi connectivity index (χ2v) is 5.31. The Balaban J connectivity index is 2.35. The molecule has 0 spiro atoms. The minimum absolute atomic E-state index is 0.0000168. The SMILES string of the molecule is CC(=O)c1cccc(N2C(=O)CSCC2CN)c1. The summed E-state index contributed by atoms with van der Waals surface area (Å²) in [7, 11) is 0. The fourth-order valence-electron chi connectivity index (χ4n) is 2.03. The van der Waals surface area contributed by atoms with Gasteiger partial charge in [-0.3, -0.25) is 9.59 Å². The van der Waals surface area contributed by atoms with Crippen LogP contribution in [-0.4, -0.2) is 35.8 Å². The third kappa shape index (κ3) is 2.57. The van der Waals surface area contributed by atoms with Crippen LogP contribution in [0.3, 0.4) is 0 Å². The Morgan fingerprint density at radius 2 is 2.33 bits per heavy atom. The molecule has 1 aliphatic rings. The van der Waals surface area contributed by atoms with Gasteiger partial charge in [0.05, 0.1) is 11.8 Å². The lowest BCUT2D eigenvalue weighted by Crippen LogP contribution is -2.50. The van der Waals surface area contributed by atoms with E-state index in [1.54, 1.807) is 34.9 Å². The van der Waals surface area contributed by atoms with E-state index in [1.165, 1.54) is 6.92 Å². The average molecular weight is 264 g/mol. The molecule has 1 atom stereocenters. The maximum Gasteiger partial charge on any atom is 0.237 e. The van der Waals surface area contributed by atoms with Crippen LogP contribution in [0, 0.1) is 0 Å². The van der Waals surface area contributed by atoms with Crippen LogP contribution in [-0.2, 0) is 4.79 Å². The quantitative estimate of drug-likeness (QED) is 0.836. The first-order valence-corrected chi connectivity index (χ1v) is 7.00. The summed E-state index contributed by atoms with van der Waals surface area (Å²) in [6, 6.07) is 7.18. The predicted octanol–water partition coefficient (Wildman–Crippen LogP) is 1.30. The molecule has 0 aliphatic carbocycles. The van der Waals surface area contributed by atoms with Crippen molar-refractivity contribution in [3.8, 4) is 0 Å². The van der Waals surface area contributed by atoms with Crippen LogP contribution in [0.25, 0.3) is 0 Å². The van der Waals surface area contributed by atoms with Crippen molar-refractivity contribution in [2.45, 2.75) is 13.0 Å². The maximum atomic E-state index is 12.0. The Morgan fingerprint density at radius 3 is 3.00 bits per heavy atom. The van der Waals surface area contributed by atoms with Gasteiger partial charge < -0.3 is 10.6 Å². The van der Waals surface area contributed by atoms with E-state index in [1.807, 2.05) is 6.07 Å². The molecule has 0 aromatic heterocycles. The van der Waals surface area contributed by atoms with Crippen LogP contribution in [0.5, 0.6) is 0 Å². The van der Waals surface area contributed by atoms with E-state index in [2.05, 4.69) is 0 Å². The van der Waals surface area contributed by atoms with Crippen LogP contribution in [0.15, 0.2) is 24.3 Å². The second-order valence-electron chi connectivity index (χ2n) is 4.27. The highest BCUT2D eigenvalue weighted by Gasteiger charge is 2.28. The molecule has 1 aromatic rings. The number of carbonyl (C=O) groups is 2. The van der Waals surface area contributed by atoms with E-state index in [0.29, 0.717) is 17.9 Å². The van der Waals surface area contributed by atoms with E-state index in [4.69, 9.17) is 5.73 Å². The molecule has 96 valence electrons. The number of nitrogens with two attached hydrogens (primary N) is 1. The summed E-state index contributed by atoms with van der Waals surface area (Å²) in [6.45, 7) is 1.95. The van der Waals surface area contributed by atoms with Crippen LogP contribution < -0.4 is 10.6 Å². The monoisotopic (exact) mass is 264 g/mol. The number of hydrogen-bond acceptors (Lipinski definition) is 4. The number of carbonyl (C=O) groups excluding carboxylic acids is 2. The van der Waals surface area contributed by atoms with Crippen molar-refractivity contribution in [3.05, 3.63) is 29.8 Å². The highest BCUT2D eigenvalue weighted by atomic mass is 32.2. The first kappa shape index (κ1) is 13.1. The molecule has 5 heteroatoms. The molecule has 1 unspecified atom stereocenters. The molecular formula is C13H16N2O2S. The van der Waals surface area contributed by atoms with Gasteiger partial charge in [-0.25, -0.2) is 0 Å². The van der Waals surface area contributed by atoms with E-state index < -0.39 is 0 Å². The lowest BCUT2D eigenvalue weighted by molar-refractivity contribution is -0.116. The van der Waals surface area contributed by atoms with Gasteiger partial charge in [0, 0.05) is 23.5 Å².